The lowest BCUT2D eigenvalue weighted by Crippen LogP contribution is -2.26. The van der Waals surface area contributed by atoms with E-state index in [1.807, 2.05) is 18.2 Å². The van der Waals surface area contributed by atoms with E-state index in [1.165, 1.54) is 5.56 Å². The van der Waals surface area contributed by atoms with Crippen LogP contribution < -0.4 is 10.6 Å². The van der Waals surface area contributed by atoms with Crippen molar-refractivity contribution in [1.82, 2.24) is 10.6 Å². The molecule has 0 bridgehead atoms. The van der Waals surface area contributed by atoms with E-state index in [0.717, 1.165) is 25.7 Å². The number of hydrogen-bond acceptors (Lipinski definition) is 2. The van der Waals surface area contributed by atoms with E-state index in [2.05, 4.69) is 22.8 Å². The van der Waals surface area contributed by atoms with Crippen molar-refractivity contribution in [2.45, 2.75) is 31.7 Å². The van der Waals surface area contributed by atoms with Crippen molar-refractivity contribution in [3.05, 3.63) is 71.3 Å². The lowest BCUT2D eigenvalue weighted by molar-refractivity contribution is 0.0940. The number of benzene rings is 2. The fraction of sp³-hybridized carbons (Fsp3) is 0.300. The summed E-state index contributed by atoms with van der Waals surface area (Å²) in [7, 11) is 0. The molecule has 0 spiro atoms. The molecule has 24 heavy (non-hydrogen) atoms. The Labute approximate surface area is 142 Å². The fourth-order valence-corrected chi connectivity index (χ4v) is 2.51. The highest BCUT2D eigenvalue weighted by molar-refractivity contribution is 5.97. The summed E-state index contributed by atoms with van der Waals surface area (Å²) in [6.07, 6.45) is 3.98. The average molecular weight is 322 g/mol. The first-order valence-corrected chi connectivity index (χ1v) is 8.45. The molecule has 4 heteroatoms. The molecule has 0 aromatic heterocycles. The number of carbonyl (C=O) groups excluding carboxylic acids is 2. The molecule has 3 rings (SSSR count). The molecule has 2 aromatic carbocycles. The van der Waals surface area contributed by atoms with Gasteiger partial charge in [0.1, 0.15) is 0 Å². The van der Waals surface area contributed by atoms with Gasteiger partial charge in [-0.05, 0) is 55.5 Å². The highest BCUT2D eigenvalue weighted by Gasteiger charge is 2.23. The molecule has 2 aromatic rings. The summed E-state index contributed by atoms with van der Waals surface area (Å²) < 4.78 is 0. The lowest BCUT2D eigenvalue weighted by Gasteiger charge is -2.07. The van der Waals surface area contributed by atoms with Gasteiger partial charge in [0.25, 0.3) is 11.8 Å². The normalized spacial score (nSPS) is 13.3. The van der Waals surface area contributed by atoms with Crippen LogP contribution in [0, 0.1) is 0 Å². The standard InChI is InChI=1S/C20H22N2O2/c23-19(21-14-4-7-15-5-2-1-3-6-15)16-8-10-17(11-9-16)20(24)22-18-12-13-18/h1-3,5-6,8-11,18H,4,7,12-14H2,(H,21,23)(H,22,24). The van der Waals surface area contributed by atoms with Gasteiger partial charge in [-0.2, -0.15) is 0 Å². The van der Waals surface area contributed by atoms with Crippen molar-refractivity contribution < 1.29 is 9.59 Å². The van der Waals surface area contributed by atoms with Crippen LogP contribution in [-0.4, -0.2) is 24.4 Å². The molecule has 1 fully saturated rings. The monoisotopic (exact) mass is 322 g/mol. The summed E-state index contributed by atoms with van der Waals surface area (Å²) in [6.45, 7) is 0.637. The van der Waals surface area contributed by atoms with Gasteiger partial charge in [-0.25, -0.2) is 0 Å². The van der Waals surface area contributed by atoms with Crippen LogP contribution in [-0.2, 0) is 6.42 Å². The lowest BCUT2D eigenvalue weighted by atomic mass is 10.1. The molecular formula is C20H22N2O2. The molecule has 0 heterocycles. The third kappa shape index (κ3) is 4.69. The van der Waals surface area contributed by atoms with E-state index < -0.39 is 0 Å². The molecule has 0 atom stereocenters. The predicted molar refractivity (Wildman–Crippen MR) is 94.0 cm³/mol. The van der Waals surface area contributed by atoms with Gasteiger partial charge in [0.15, 0.2) is 0 Å². The third-order valence-electron chi connectivity index (χ3n) is 4.09. The Hall–Kier alpha value is -2.62. The second-order valence-electron chi connectivity index (χ2n) is 6.17. The van der Waals surface area contributed by atoms with Crippen LogP contribution in [0.15, 0.2) is 54.6 Å². The molecule has 0 radical (unpaired) electrons. The summed E-state index contributed by atoms with van der Waals surface area (Å²) >= 11 is 0. The van der Waals surface area contributed by atoms with Crippen molar-refractivity contribution in [1.29, 1.82) is 0 Å². The van der Waals surface area contributed by atoms with Crippen LogP contribution >= 0.6 is 0 Å². The van der Waals surface area contributed by atoms with Crippen LogP contribution in [0.2, 0.25) is 0 Å². The number of aryl methyl sites for hydroxylation is 1. The Morgan fingerprint density at radius 1 is 0.875 bits per heavy atom. The topological polar surface area (TPSA) is 58.2 Å². The zero-order valence-electron chi connectivity index (χ0n) is 13.6. The molecule has 2 N–H and O–H groups in total. The van der Waals surface area contributed by atoms with E-state index in [0.29, 0.717) is 23.7 Å². The van der Waals surface area contributed by atoms with Crippen LogP contribution in [0.25, 0.3) is 0 Å². The zero-order chi connectivity index (χ0) is 16.8. The SMILES string of the molecule is O=C(NCCCc1ccccc1)c1ccc(C(=O)NC2CC2)cc1. The van der Waals surface area contributed by atoms with E-state index >= 15 is 0 Å². The second-order valence-corrected chi connectivity index (χ2v) is 6.17. The van der Waals surface area contributed by atoms with Crippen molar-refractivity contribution >= 4 is 11.8 Å². The fourth-order valence-electron chi connectivity index (χ4n) is 2.51. The number of hydrogen-bond donors (Lipinski definition) is 2. The maximum Gasteiger partial charge on any atom is 0.251 e. The van der Waals surface area contributed by atoms with Gasteiger partial charge in [0.2, 0.25) is 0 Å². The Morgan fingerprint density at radius 3 is 2.12 bits per heavy atom. The Kier molecular flexibility index (Phi) is 5.26. The van der Waals surface area contributed by atoms with E-state index in [9.17, 15) is 9.59 Å². The van der Waals surface area contributed by atoms with Gasteiger partial charge in [0.05, 0.1) is 0 Å². The minimum absolute atomic E-state index is 0.0627. The number of rotatable bonds is 7. The Balaban J connectivity index is 1.43. The minimum atomic E-state index is -0.0998. The molecule has 1 saturated carbocycles. The number of nitrogens with one attached hydrogen (secondary N) is 2. The Bertz CT molecular complexity index is 691. The van der Waals surface area contributed by atoms with Gasteiger partial charge >= 0.3 is 0 Å². The maximum atomic E-state index is 12.1. The molecule has 0 aliphatic heterocycles. The highest BCUT2D eigenvalue weighted by Crippen LogP contribution is 2.19. The van der Waals surface area contributed by atoms with Gasteiger partial charge in [-0.1, -0.05) is 30.3 Å². The first-order valence-electron chi connectivity index (χ1n) is 8.45. The van der Waals surface area contributed by atoms with Crippen molar-refractivity contribution in [2.75, 3.05) is 6.54 Å². The van der Waals surface area contributed by atoms with Crippen LogP contribution in [0.1, 0.15) is 45.5 Å². The number of amides is 2. The minimum Gasteiger partial charge on any atom is -0.352 e. The molecule has 1 aliphatic carbocycles. The van der Waals surface area contributed by atoms with E-state index in [4.69, 9.17) is 0 Å². The quantitative estimate of drug-likeness (QED) is 0.770. The zero-order valence-corrected chi connectivity index (χ0v) is 13.6. The number of carbonyl (C=O) groups is 2. The average Bonchev–Trinajstić information content (AvgIpc) is 3.43. The van der Waals surface area contributed by atoms with Crippen LogP contribution in [0.3, 0.4) is 0 Å². The highest BCUT2D eigenvalue weighted by atomic mass is 16.2. The molecule has 1 aliphatic rings. The smallest absolute Gasteiger partial charge is 0.251 e. The summed E-state index contributed by atoms with van der Waals surface area (Å²) in [5, 5.41) is 5.86. The second kappa shape index (κ2) is 7.77. The summed E-state index contributed by atoms with van der Waals surface area (Å²) in [6, 6.07) is 17.4. The molecular weight excluding hydrogens is 300 g/mol. The van der Waals surface area contributed by atoms with Gasteiger partial charge in [-0.15, -0.1) is 0 Å². The molecule has 4 nitrogen and oxygen atoms in total. The van der Waals surface area contributed by atoms with Crippen LogP contribution in [0.5, 0.6) is 0 Å². The summed E-state index contributed by atoms with van der Waals surface area (Å²) in [4.78, 5) is 24.0. The third-order valence-corrected chi connectivity index (χ3v) is 4.09. The van der Waals surface area contributed by atoms with Crippen molar-refractivity contribution in [2.24, 2.45) is 0 Å². The predicted octanol–water partition coefficient (Wildman–Crippen LogP) is 2.94. The first-order chi connectivity index (χ1) is 11.7. The molecule has 0 unspecified atom stereocenters. The maximum absolute atomic E-state index is 12.1. The van der Waals surface area contributed by atoms with Gasteiger partial charge in [0, 0.05) is 23.7 Å². The van der Waals surface area contributed by atoms with Crippen LogP contribution in [0.4, 0.5) is 0 Å². The summed E-state index contributed by atoms with van der Waals surface area (Å²) in [5.74, 6) is -0.162. The van der Waals surface area contributed by atoms with E-state index in [-0.39, 0.29) is 11.8 Å². The molecule has 2 amide bonds. The first kappa shape index (κ1) is 16.2. The largest absolute Gasteiger partial charge is 0.352 e. The molecule has 0 saturated heterocycles. The van der Waals surface area contributed by atoms with E-state index in [1.54, 1.807) is 24.3 Å². The van der Waals surface area contributed by atoms with Crippen molar-refractivity contribution in [3.63, 3.8) is 0 Å². The van der Waals surface area contributed by atoms with Crippen molar-refractivity contribution in [3.8, 4) is 0 Å². The van der Waals surface area contributed by atoms with Gasteiger partial charge in [-0.3, -0.25) is 9.59 Å². The summed E-state index contributed by atoms with van der Waals surface area (Å²) in [5.41, 5.74) is 2.46. The van der Waals surface area contributed by atoms with Gasteiger partial charge < -0.3 is 10.6 Å². The Morgan fingerprint density at radius 2 is 1.50 bits per heavy atom. The molecule has 124 valence electrons.